The van der Waals surface area contributed by atoms with Crippen molar-refractivity contribution in [2.24, 2.45) is 0 Å². The van der Waals surface area contributed by atoms with Gasteiger partial charge in [-0.05, 0) is 24.3 Å². The third-order valence-electron chi connectivity index (χ3n) is 4.87. The standard InChI is InChI=1S/C19H26N2O5/c1-25-11-8-18(23)20-9-6-17(7-10-20)26-16-4-2-14(3-5-16)19(24)21-12-15(22)13-21/h2-5,15,17,22H,6-13H2,1H3. The van der Waals surface area contributed by atoms with Crippen LogP contribution < -0.4 is 4.74 Å². The van der Waals surface area contributed by atoms with Gasteiger partial charge in [0.25, 0.3) is 5.91 Å². The summed E-state index contributed by atoms with van der Waals surface area (Å²) in [6, 6.07) is 7.12. The Labute approximate surface area is 153 Å². The highest BCUT2D eigenvalue weighted by atomic mass is 16.5. The van der Waals surface area contributed by atoms with E-state index in [0.29, 0.717) is 44.8 Å². The number of piperidine rings is 1. The van der Waals surface area contributed by atoms with E-state index in [4.69, 9.17) is 9.47 Å². The molecule has 1 aromatic carbocycles. The summed E-state index contributed by atoms with van der Waals surface area (Å²) in [6.45, 7) is 2.65. The molecule has 1 aromatic rings. The number of amides is 2. The Morgan fingerprint density at radius 2 is 1.77 bits per heavy atom. The molecule has 0 aliphatic carbocycles. The molecule has 1 N–H and O–H groups in total. The minimum absolute atomic E-state index is 0.0651. The Bertz CT molecular complexity index is 619. The van der Waals surface area contributed by atoms with E-state index >= 15 is 0 Å². The highest BCUT2D eigenvalue weighted by Gasteiger charge is 2.29. The lowest BCUT2D eigenvalue weighted by Gasteiger charge is -2.35. The number of ether oxygens (including phenoxy) is 2. The highest BCUT2D eigenvalue weighted by Crippen LogP contribution is 2.21. The summed E-state index contributed by atoms with van der Waals surface area (Å²) < 4.78 is 10.9. The van der Waals surface area contributed by atoms with Crippen molar-refractivity contribution < 1.29 is 24.2 Å². The van der Waals surface area contributed by atoms with Crippen LogP contribution in [0.5, 0.6) is 5.75 Å². The van der Waals surface area contributed by atoms with E-state index in [9.17, 15) is 14.7 Å². The minimum atomic E-state index is -0.395. The van der Waals surface area contributed by atoms with Gasteiger partial charge in [0, 0.05) is 51.7 Å². The molecule has 3 rings (SSSR count). The van der Waals surface area contributed by atoms with Crippen LogP contribution in [0.15, 0.2) is 24.3 Å². The smallest absolute Gasteiger partial charge is 0.254 e. The topological polar surface area (TPSA) is 79.3 Å². The molecular weight excluding hydrogens is 336 g/mol. The zero-order chi connectivity index (χ0) is 18.5. The van der Waals surface area contributed by atoms with Crippen molar-refractivity contribution in [1.82, 2.24) is 9.80 Å². The molecule has 7 heteroatoms. The number of carbonyl (C=O) groups is 2. The van der Waals surface area contributed by atoms with E-state index in [1.807, 2.05) is 4.90 Å². The number of aliphatic hydroxyl groups is 1. The number of carbonyl (C=O) groups excluding carboxylic acids is 2. The van der Waals surface area contributed by atoms with Gasteiger partial charge in [0.1, 0.15) is 11.9 Å². The van der Waals surface area contributed by atoms with Gasteiger partial charge in [-0.2, -0.15) is 0 Å². The molecular formula is C19H26N2O5. The van der Waals surface area contributed by atoms with Crippen molar-refractivity contribution in [1.29, 1.82) is 0 Å². The maximum Gasteiger partial charge on any atom is 0.254 e. The van der Waals surface area contributed by atoms with E-state index in [0.717, 1.165) is 18.6 Å². The first-order chi connectivity index (χ1) is 12.6. The second-order valence-electron chi connectivity index (χ2n) is 6.83. The van der Waals surface area contributed by atoms with E-state index < -0.39 is 6.10 Å². The van der Waals surface area contributed by atoms with Crippen molar-refractivity contribution >= 4 is 11.8 Å². The lowest BCUT2D eigenvalue weighted by atomic mass is 10.1. The molecule has 2 heterocycles. The molecule has 2 saturated heterocycles. The first-order valence-electron chi connectivity index (χ1n) is 9.07. The number of β-amino-alcohol motifs (C(OH)–C–C–N with tert-alkyl or cyclic N) is 1. The van der Waals surface area contributed by atoms with E-state index in [2.05, 4.69) is 0 Å². The van der Waals surface area contributed by atoms with Crippen LogP contribution in [0.2, 0.25) is 0 Å². The molecule has 2 aliphatic rings. The van der Waals surface area contributed by atoms with Crippen molar-refractivity contribution in [3.05, 3.63) is 29.8 Å². The summed E-state index contributed by atoms with van der Waals surface area (Å²) in [7, 11) is 1.60. The first-order valence-corrected chi connectivity index (χ1v) is 9.07. The third kappa shape index (κ3) is 4.53. The SMILES string of the molecule is COCCC(=O)N1CCC(Oc2ccc(C(=O)N3CC(O)C3)cc2)CC1. The van der Waals surface area contributed by atoms with Crippen molar-refractivity contribution in [2.45, 2.75) is 31.5 Å². The average Bonchev–Trinajstić information content (AvgIpc) is 2.64. The predicted octanol–water partition coefficient (Wildman–Crippen LogP) is 0.910. The summed E-state index contributed by atoms with van der Waals surface area (Å²) in [5.74, 6) is 0.795. The van der Waals surface area contributed by atoms with Gasteiger partial charge < -0.3 is 24.4 Å². The van der Waals surface area contributed by atoms with Gasteiger partial charge in [0.2, 0.25) is 5.91 Å². The van der Waals surface area contributed by atoms with E-state index in [-0.39, 0.29) is 17.9 Å². The Morgan fingerprint density at radius 3 is 2.35 bits per heavy atom. The number of likely N-dealkylation sites (tertiary alicyclic amines) is 2. The van der Waals surface area contributed by atoms with Crippen LogP contribution in [0.4, 0.5) is 0 Å². The summed E-state index contributed by atoms with van der Waals surface area (Å²) in [5.41, 5.74) is 0.600. The molecule has 0 spiro atoms. The number of methoxy groups -OCH3 is 1. The number of rotatable bonds is 6. The zero-order valence-corrected chi connectivity index (χ0v) is 15.1. The molecule has 7 nitrogen and oxygen atoms in total. The molecule has 0 aromatic heterocycles. The molecule has 0 unspecified atom stereocenters. The molecule has 142 valence electrons. The zero-order valence-electron chi connectivity index (χ0n) is 15.1. The van der Waals surface area contributed by atoms with Gasteiger partial charge >= 0.3 is 0 Å². The lowest BCUT2D eigenvalue weighted by molar-refractivity contribution is -0.133. The largest absolute Gasteiger partial charge is 0.490 e. The van der Waals surface area contributed by atoms with Crippen LogP contribution in [0.25, 0.3) is 0 Å². The Hall–Kier alpha value is -2.12. The molecule has 2 amide bonds. The predicted molar refractivity (Wildman–Crippen MR) is 95.1 cm³/mol. The van der Waals surface area contributed by atoms with Crippen molar-refractivity contribution in [3.63, 3.8) is 0 Å². The number of hydrogen-bond donors (Lipinski definition) is 1. The maximum absolute atomic E-state index is 12.2. The fourth-order valence-corrected chi connectivity index (χ4v) is 3.24. The maximum atomic E-state index is 12.2. The van der Waals surface area contributed by atoms with Gasteiger partial charge in [-0.1, -0.05) is 0 Å². The molecule has 0 bridgehead atoms. The lowest BCUT2D eigenvalue weighted by Crippen LogP contribution is -2.53. The summed E-state index contributed by atoms with van der Waals surface area (Å²) in [4.78, 5) is 27.6. The molecule has 2 fully saturated rings. The fraction of sp³-hybridized carbons (Fsp3) is 0.579. The number of aliphatic hydroxyl groups excluding tert-OH is 1. The van der Waals surface area contributed by atoms with Gasteiger partial charge in [0.05, 0.1) is 19.1 Å². The number of hydrogen-bond acceptors (Lipinski definition) is 5. The Morgan fingerprint density at radius 1 is 1.12 bits per heavy atom. The van der Waals surface area contributed by atoms with Crippen LogP contribution >= 0.6 is 0 Å². The van der Waals surface area contributed by atoms with Gasteiger partial charge in [-0.3, -0.25) is 9.59 Å². The molecule has 0 saturated carbocycles. The van der Waals surface area contributed by atoms with Crippen LogP contribution in [0.3, 0.4) is 0 Å². The first kappa shape index (κ1) is 18.7. The average molecular weight is 362 g/mol. The molecule has 0 atom stereocenters. The number of benzene rings is 1. The number of nitrogens with zero attached hydrogens (tertiary/aromatic N) is 2. The van der Waals surface area contributed by atoms with Crippen LogP contribution in [-0.4, -0.2) is 78.8 Å². The molecule has 26 heavy (non-hydrogen) atoms. The third-order valence-corrected chi connectivity index (χ3v) is 4.87. The van der Waals surface area contributed by atoms with Gasteiger partial charge in [-0.15, -0.1) is 0 Å². The van der Waals surface area contributed by atoms with Crippen LogP contribution in [0, 0.1) is 0 Å². The fourth-order valence-electron chi connectivity index (χ4n) is 3.24. The van der Waals surface area contributed by atoms with Crippen molar-refractivity contribution in [3.8, 4) is 5.75 Å². The van der Waals surface area contributed by atoms with Crippen LogP contribution in [0.1, 0.15) is 29.6 Å². The molecule has 0 radical (unpaired) electrons. The normalized spacial score (nSPS) is 18.5. The minimum Gasteiger partial charge on any atom is -0.490 e. The summed E-state index contributed by atoms with van der Waals surface area (Å²) >= 11 is 0. The van der Waals surface area contributed by atoms with E-state index in [1.54, 1.807) is 36.3 Å². The summed E-state index contributed by atoms with van der Waals surface area (Å²) in [6.07, 6.45) is 1.70. The monoisotopic (exact) mass is 362 g/mol. The summed E-state index contributed by atoms with van der Waals surface area (Å²) in [5, 5.41) is 9.29. The van der Waals surface area contributed by atoms with E-state index in [1.165, 1.54) is 0 Å². The van der Waals surface area contributed by atoms with Crippen molar-refractivity contribution in [2.75, 3.05) is 39.9 Å². The highest BCUT2D eigenvalue weighted by molar-refractivity contribution is 5.94. The second-order valence-corrected chi connectivity index (χ2v) is 6.83. The molecule has 2 aliphatic heterocycles. The Kier molecular flexibility index (Phi) is 6.11. The van der Waals surface area contributed by atoms with Gasteiger partial charge in [-0.25, -0.2) is 0 Å². The second kappa shape index (κ2) is 8.51. The Balaban J connectivity index is 1.45. The van der Waals surface area contributed by atoms with Gasteiger partial charge in [0.15, 0.2) is 0 Å². The van der Waals surface area contributed by atoms with Crippen LogP contribution in [-0.2, 0) is 9.53 Å². The quantitative estimate of drug-likeness (QED) is 0.814.